The lowest BCUT2D eigenvalue weighted by Crippen LogP contribution is -2.30. The van der Waals surface area contributed by atoms with Crippen molar-refractivity contribution in [1.29, 1.82) is 0 Å². The van der Waals surface area contributed by atoms with Crippen LogP contribution in [0, 0.1) is 17.5 Å². The minimum Gasteiger partial charge on any atom is -0.271 e. The molecule has 2 rings (SSSR count). The zero-order valence-corrected chi connectivity index (χ0v) is 11.2. The van der Waals surface area contributed by atoms with Gasteiger partial charge in [-0.2, -0.15) is 0 Å². The molecule has 2 aromatic carbocycles. The maximum atomic E-state index is 13.9. The zero-order valence-electron chi connectivity index (χ0n) is 9.63. The average molecular weight is 331 g/mol. The summed E-state index contributed by atoms with van der Waals surface area (Å²) in [6.45, 7) is 0. The quantitative estimate of drug-likeness (QED) is 0.668. The first kappa shape index (κ1) is 14.0. The van der Waals surface area contributed by atoms with E-state index in [2.05, 4.69) is 21.4 Å². The Morgan fingerprint density at radius 2 is 1.53 bits per heavy atom. The number of nitrogens with one attached hydrogen (secondary N) is 1. The molecule has 1 unspecified atom stereocenters. The third kappa shape index (κ3) is 2.97. The number of rotatable bonds is 3. The maximum Gasteiger partial charge on any atom is 0.132 e. The molecule has 0 aliphatic carbocycles. The third-order valence-corrected chi connectivity index (χ3v) is 3.16. The Bertz CT molecular complexity index is 564. The van der Waals surface area contributed by atoms with Gasteiger partial charge in [-0.25, -0.2) is 18.6 Å². The molecule has 3 N–H and O–H groups in total. The van der Waals surface area contributed by atoms with E-state index < -0.39 is 23.5 Å². The predicted octanol–water partition coefficient (Wildman–Crippen LogP) is 3.42. The van der Waals surface area contributed by atoms with Crippen molar-refractivity contribution in [3.05, 3.63) is 69.4 Å². The lowest BCUT2D eigenvalue weighted by molar-refractivity contribution is 0.509. The number of halogens is 4. The Balaban J connectivity index is 2.51. The minimum absolute atomic E-state index is 0.211. The first-order valence-electron chi connectivity index (χ1n) is 5.39. The van der Waals surface area contributed by atoms with Gasteiger partial charge < -0.3 is 0 Å². The van der Waals surface area contributed by atoms with E-state index in [1.807, 2.05) is 0 Å². The van der Waals surface area contributed by atoms with Gasteiger partial charge in [-0.1, -0.05) is 28.1 Å². The van der Waals surface area contributed by atoms with Crippen molar-refractivity contribution < 1.29 is 13.2 Å². The van der Waals surface area contributed by atoms with E-state index >= 15 is 0 Å². The van der Waals surface area contributed by atoms with Crippen molar-refractivity contribution in [1.82, 2.24) is 5.43 Å². The zero-order chi connectivity index (χ0) is 14.0. The molecular weight excluding hydrogens is 321 g/mol. The summed E-state index contributed by atoms with van der Waals surface area (Å²) in [7, 11) is 0. The van der Waals surface area contributed by atoms with Crippen molar-refractivity contribution in [3.8, 4) is 0 Å². The van der Waals surface area contributed by atoms with Crippen molar-refractivity contribution in [2.75, 3.05) is 0 Å². The molecule has 6 heteroatoms. The molecule has 0 aromatic heterocycles. The Labute approximate surface area is 116 Å². The van der Waals surface area contributed by atoms with Gasteiger partial charge in [-0.3, -0.25) is 5.84 Å². The van der Waals surface area contributed by atoms with Crippen LogP contribution in [0.2, 0.25) is 0 Å². The molecule has 0 spiro atoms. The molecular formula is C13H10BrF3N2. The Morgan fingerprint density at radius 1 is 1.00 bits per heavy atom. The number of hydrogen-bond donors (Lipinski definition) is 2. The SMILES string of the molecule is NNC(c1ccc(F)cc1)c1c(F)cc(Br)cc1F. The molecule has 19 heavy (non-hydrogen) atoms. The highest BCUT2D eigenvalue weighted by Crippen LogP contribution is 2.28. The highest BCUT2D eigenvalue weighted by molar-refractivity contribution is 9.10. The molecule has 0 saturated heterocycles. The van der Waals surface area contributed by atoms with E-state index in [1.165, 1.54) is 24.3 Å². The smallest absolute Gasteiger partial charge is 0.132 e. The molecule has 100 valence electrons. The molecule has 0 aliphatic rings. The fourth-order valence-corrected chi connectivity index (χ4v) is 2.23. The lowest BCUT2D eigenvalue weighted by atomic mass is 9.98. The van der Waals surface area contributed by atoms with Gasteiger partial charge in [0.15, 0.2) is 0 Å². The summed E-state index contributed by atoms with van der Waals surface area (Å²) < 4.78 is 40.9. The van der Waals surface area contributed by atoms with Gasteiger partial charge in [0, 0.05) is 10.0 Å². The van der Waals surface area contributed by atoms with Gasteiger partial charge in [0.1, 0.15) is 17.5 Å². The fourth-order valence-electron chi connectivity index (χ4n) is 1.83. The molecule has 0 heterocycles. The summed E-state index contributed by atoms with van der Waals surface area (Å²) in [6.07, 6.45) is 0. The van der Waals surface area contributed by atoms with E-state index in [4.69, 9.17) is 5.84 Å². The lowest BCUT2D eigenvalue weighted by Gasteiger charge is -2.18. The monoisotopic (exact) mass is 330 g/mol. The second-order valence-electron chi connectivity index (χ2n) is 3.93. The van der Waals surface area contributed by atoms with E-state index in [0.29, 0.717) is 10.0 Å². The highest BCUT2D eigenvalue weighted by Gasteiger charge is 2.21. The molecule has 2 aromatic rings. The summed E-state index contributed by atoms with van der Waals surface area (Å²) in [6, 6.07) is 6.64. The van der Waals surface area contributed by atoms with Crippen LogP contribution in [-0.2, 0) is 0 Å². The Kier molecular flexibility index (Phi) is 4.24. The van der Waals surface area contributed by atoms with Crippen LogP contribution < -0.4 is 11.3 Å². The van der Waals surface area contributed by atoms with Crippen molar-refractivity contribution in [2.45, 2.75) is 6.04 Å². The first-order valence-corrected chi connectivity index (χ1v) is 6.18. The van der Waals surface area contributed by atoms with Gasteiger partial charge in [-0.15, -0.1) is 0 Å². The van der Waals surface area contributed by atoms with Crippen molar-refractivity contribution >= 4 is 15.9 Å². The van der Waals surface area contributed by atoms with Crippen LogP contribution in [-0.4, -0.2) is 0 Å². The van der Waals surface area contributed by atoms with Crippen molar-refractivity contribution in [2.24, 2.45) is 5.84 Å². The van der Waals surface area contributed by atoms with E-state index in [9.17, 15) is 13.2 Å². The minimum atomic E-state index is -0.895. The second-order valence-corrected chi connectivity index (χ2v) is 4.85. The van der Waals surface area contributed by atoms with Gasteiger partial charge in [0.25, 0.3) is 0 Å². The standard InChI is InChI=1S/C13H10BrF3N2/c14-8-5-10(16)12(11(17)6-8)13(19-18)7-1-3-9(15)4-2-7/h1-6,13,19H,18H2. The Hall–Kier alpha value is -1.37. The molecule has 1 atom stereocenters. The van der Waals surface area contributed by atoms with Crippen LogP contribution in [0.15, 0.2) is 40.9 Å². The van der Waals surface area contributed by atoms with E-state index in [0.717, 1.165) is 12.1 Å². The summed E-state index contributed by atoms with van der Waals surface area (Å²) >= 11 is 3.00. The molecule has 0 radical (unpaired) electrons. The van der Waals surface area contributed by atoms with Gasteiger partial charge in [0.05, 0.1) is 6.04 Å². The van der Waals surface area contributed by atoms with E-state index in [1.54, 1.807) is 0 Å². The topological polar surface area (TPSA) is 38.0 Å². The highest BCUT2D eigenvalue weighted by atomic mass is 79.9. The van der Waals surface area contributed by atoms with Crippen LogP contribution in [0.1, 0.15) is 17.2 Å². The summed E-state index contributed by atoms with van der Waals surface area (Å²) in [5.41, 5.74) is 2.59. The molecule has 0 fully saturated rings. The molecule has 0 aliphatic heterocycles. The van der Waals surface area contributed by atoms with Crippen LogP contribution >= 0.6 is 15.9 Å². The summed E-state index contributed by atoms with van der Waals surface area (Å²) in [5.74, 6) is 3.45. The fraction of sp³-hybridized carbons (Fsp3) is 0.0769. The molecule has 0 saturated carbocycles. The van der Waals surface area contributed by atoms with Gasteiger partial charge in [0.2, 0.25) is 0 Å². The number of hydrazine groups is 1. The van der Waals surface area contributed by atoms with Crippen molar-refractivity contribution in [3.63, 3.8) is 0 Å². The third-order valence-electron chi connectivity index (χ3n) is 2.70. The molecule has 0 bridgehead atoms. The molecule has 0 amide bonds. The predicted molar refractivity (Wildman–Crippen MR) is 69.6 cm³/mol. The van der Waals surface area contributed by atoms with Crippen LogP contribution in [0.25, 0.3) is 0 Å². The van der Waals surface area contributed by atoms with Crippen LogP contribution in [0.3, 0.4) is 0 Å². The Morgan fingerprint density at radius 3 is 2.00 bits per heavy atom. The van der Waals surface area contributed by atoms with Crippen LogP contribution in [0.4, 0.5) is 13.2 Å². The second kappa shape index (κ2) is 5.73. The number of benzene rings is 2. The largest absolute Gasteiger partial charge is 0.271 e. The summed E-state index contributed by atoms with van der Waals surface area (Å²) in [4.78, 5) is 0. The molecule has 2 nitrogen and oxygen atoms in total. The summed E-state index contributed by atoms with van der Waals surface area (Å²) in [5, 5.41) is 0. The average Bonchev–Trinajstić information content (AvgIpc) is 2.35. The van der Waals surface area contributed by atoms with Crippen LogP contribution in [0.5, 0.6) is 0 Å². The normalized spacial score (nSPS) is 12.5. The van der Waals surface area contributed by atoms with Gasteiger partial charge >= 0.3 is 0 Å². The first-order chi connectivity index (χ1) is 9.02. The van der Waals surface area contributed by atoms with Gasteiger partial charge in [-0.05, 0) is 29.8 Å². The maximum absolute atomic E-state index is 13.9. The number of hydrogen-bond acceptors (Lipinski definition) is 2. The number of nitrogens with two attached hydrogens (primary N) is 1. The van der Waals surface area contributed by atoms with E-state index in [-0.39, 0.29) is 5.56 Å².